The van der Waals surface area contributed by atoms with Crippen LogP contribution in [0.4, 0.5) is 14.9 Å². The Morgan fingerprint density at radius 2 is 1.77 bits per heavy atom. The number of amides is 4. The number of ether oxygens (including phenoxy) is 1. The molecule has 0 bridgehead atoms. The first-order valence-electron chi connectivity index (χ1n) is 10.1. The minimum Gasteiger partial charge on any atom is -0.487 e. The first-order valence-corrected chi connectivity index (χ1v) is 12.2. The van der Waals surface area contributed by atoms with E-state index < -0.39 is 23.7 Å². The summed E-state index contributed by atoms with van der Waals surface area (Å²) in [5.41, 5.74) is 1.44. The summed E-state index contributed by atoms with van der Waals surface area (Å²) in [6.07, 6.45) is 1.36. The predicted octanol–water partition coefficient (Wildman–Crippen LogP) is 5.15. The van der Waals surface area contributed by atoms with E-state index in [-0.39, 0.29) is 17.9 Å². The molecule has 0 radical (unpaired) electrons. The van der Waals surface area contributed by atoms with E-state index >= 15 is 0 Å². The zero-order chi connectivity index (χ0) is 25.1. The van der Waals surface area contributed by atoms with Crippen molar-refractivity contribution >= 4 is 74.8 Å². The van der Waals surface area contributed by atoms with Crippen LogP contribution in [0.2, 0.25) is 0 Å². The van der Waals surface area contributed by atoms with Crippen LogP contribution in [0.15, 0.2) is 66.2 Å². The molecule has 0 atom stereocenters. The number of imide groups is 2. The first kappa shape index (κ1) is 24.8. The molecule has 3 aromatic carbocycles. The lowest BCUT2D eigenvalue weighted by Crippen LogP contribution is -2.54. The predicted molar refractivity (Wildman–Crippen MR) is 143 cm³/mol. The van der Waals surface area contributed by atoms with Gasteiger partial charge < -0.3 is 4.74 Å². The zero-order valence-corrected chi connectivity index (χ0v) is 22.0. The molecule has 1 aliphatic heterocycles. The second-order valence-corrected chi connectivity index (χ2v) is 9.71. The summed E-state index contributed by atoms with van der Waals surface area (Å²) in [4.78, 5) is 39.0. The molecular weight excluding hydrogens is 679 g/mol. The van der Waals surface area contributed by atoms with Crippen LogP contribution in [-0.4, -0.2) is 17.8 Å². The van der Waals surface area contributed by atoms with Gasteiger partial charge in [0.05, 0.1) is 20.9 Å². The van der Waals surface area contributed by atoms with Crippen molar-refractivity contribution in [3.63, 3.8) is 0 Å². The van der Waals surface area contributed by atoms with Crippen molar-refractivity contribution in [1.82, 2.24) is 5.32 Å². The molecule has 0 aromatic heterocycles. The van der Waals surface area contributed by atoms with Gasteiger partial charge in [0.1, 0.15) is 23.7 Å². The smallest absolute Gasteiger partial charge is 0.335 e. The van der Waals surface area contributed by atoms with Crippen LogP contribution < -0.4 is 15.0 Å². The molecule has 0 aliphatic carbocycles. The summed E-state index contributed by atoms with van der Waals surface area (Å²) in [6.45, 7) is 0.0941. The Bertz CT molecular complexity index is 1430. The summed E-state index contributed by atoms with van der Waals surface area (Å²) in [7, 11) is 0. The summed E-state index contributed by atoms with van der Waals surface area (Å²) in [6, 6.07) is 16.6. The van der Waals surface area contributed by atoms with E-state index in [1.165, 1.54) is 18.2 Å². The molecule has 0 spiro atoms. The Morgan fingerprint density at radius 1 is 1.06 bits per heavy atom. The van der Waals surface area contributed by atoms with Crippen molar-refractivity contribution in [2.24, 2.45) is 0 Å². The number of nitriles is 1. The summed E-state index contributed by atoms with van der Waals surface area (Å²) >= 11 is 4.19. The minimum atomic E-state index is -0.925. The topological polar surface area (TPSA) is 99.5 Å². The highest BCUT2D eigenvalue weighted by Gasteiger charge is 2.37. The van der Waals surface area contributed by atoms with Crippen molar-refractivity contribution in [3.05, 3.63) is 95.9 Å². The number of barbiturate groups is 1. The van der Waals surface area contributed by atoms with Crippen molar-refractivity contribution in [2.75, 3.05) is 4.90 Å². The second kappa shape index (κ2) is 10.5. The van der Waals surface area contributed by atoms with Crippen LogP contribution >= 0.6 is 45.2 Å². The summed E-state index contributed by atoms with van der Waals surface area (Å²) in [5, 5.41) is 11.5. The van der Waals surface area contributed by atoms with E-state index in [1.807, 2.05) is 6.07 Å². The molecule has 174 valence electrons. The number of urea groups is 1. The maximum absolute atomic E-state index is 13.3. The molecule has 1 N–H and O–H groups in total. The van der Waals surface area contributed by atoms with Crippen LogP contribution in [0, 0.1) is 24.3 Å². The fourth-order valence-electron chi connectivity index (χ4n) is 3.38. The number of carbonyl (C=O) groups is 3. The number of halogens is 3. The normalized spacial score (nSPS) is 14.6. The van der Waals surface area contributed by atoms with Gasteiger partial charge in [0.2, 0.25) is 0 Å². The van der Waals surface area contributed by atoms with E-state index in [0.29, 0.717) is 22.4 Å². The van der Waals surface area contributed by atoms with Crippen LogP contribution in [0.25, 0.3) is 6.08 Å². The average Bonchev–Trinajstić information content (AvgIpc) is 2.82. The second-order valence-electron chi connectivity index (χ2n) is 7.30. The van der Waals surface area contributed by atoms with Gasteiger partial charge in [-0.25, -0.2) is 14.1 Å². The number of nitrogens with zero attached hydrogens (tertiary/aromatic N) is 2. The first-order chi connectivity index (χ1) is 16.8. The number of carbonyl (C=O) groups excluding carboxylic acids is 3. The van der Waals surface area contributed by atoms with Crippen LogP contribution in [-0.2, 0) is 16.2 Å². The monoisotopic (exact) mass is 693 g/mol. The van der Waals surface area contributed by atoms with E-state index in [9.17, 15) is 24.0 Å². The van der Waals surface area contributed by atoms with E-state index in [4.69, 9.17) is 4.74 Å². The molecule has 0 saturated carbocycles. The van der Waals surface area contributed by atoms with Gasteiger partial charge in [-0.15, -0.1) is 0 Å². The molecular formula is C25H14FI2N3O4. The van der Waals surface area contributed by atoms with Gasteiger partial charge in [-0.2, -0.15) is 5.26 Å². The van der Waals surface area contributed by atoms with Crippen LogP contribution in [0.5, 0.6) is 5.75 Å². The molecule has 1 aliphatic rings. The van der Waals surface area contributed by atoms with Crippen molar-refractivity contribution in [2.45, 2.75) is 6.61 Å². The van der Waals surface area contributed by atoms with Gasteiger partial charge in [-0.3, -0.25) is 14.9 Å². The largest absolute Gasteiger partial charge is 0.487 e. The SMILES string of the molecule is N#Cc1ccccc1COc1c(I)cc(I)cc1/C=C1\C(=O)NC(=O)N(c2ccc(F)cc2)C1=O. The Kier molecular flexibility index (Phi) is 7.46. The van der Waals surface area contributed by atoms with E-state index in [1.54, 1.807) is 30.3 Å². The molecule has 1 fully saturated rings. The maximum Gasteiger partial charge on any atom is 0.335 e. The average molecular weight is 693 g/mol. The van der Waals surface area contributed by atoms with Crippen molar-refractivity contribution in [3.8, 4) is 11.8 Å². The molecule has 7 nitrogen and oxygen atoms in total. The standard InChI is InChI=1S/C25H14FI2N3O4/c26-17-5-7-19(8-6-17)31-24(33)20(23(32)30-25(31)34)10-16-9-18(27)11-21(28)22(16)35-13-15-4-2-1-3-14(15)12-29/h1-11H,13H2,(H,30,32,34)/b20-10+. The zero-order valence-electron chi connectivity index (χ0n) is 17.7. The van der Waals surface area contributed by atoms with Gasteiger partial charge in [0.25, 0.3) is 11.8 Å². The minimum absolute atomic E-state index is 0.0941. The summed E-state index contributed by atoms with van der Waals surface area (Å²) < 4.78 is 20.9. The fraction of sp³-hybridized carbons (Fsp3) is 0.0400. The molecule has 35 heavy (non-hydrogen) atoms. The fourth-order valence-corrected chi connectivity index (χ4v) is 5.43. The lowest BCUT2D eigenvalue weighted by molar-refractivity contribution is -0.122. The van der Waals surface area contributed by atoms with Crippen molar-refractivity contribution < 1.29 is 23.5 Å². The third-order valence-electron chi connectivity index (χ3n) is 5.03. The Hall–Kier alpha value is -3.31. The van der Waals surface area contributed by atoms with Crippen molar-refractivity contribution in [1.29, 1.82) is 5.26 Å². The quantitative estimate of drug-likeness (QED) is 0.227. The third kappa shape index (κ3) is 5.35. The lowest BCUT2D eigenvalue weighted by Gasteiger charge is -2.26. The number of hydrogen-bond acceptors (Lipinski definition) is 5. The van der Waals surface area contributed by atoms with Gasteiger partial charge in [0.15, 0.2) is 0 Å². The Labute approximate surface area is 226 Å². The lowest BCUT2D eigenvalue weighted by atomic mass is 10.1. The molecule has 10 heteroatoms. The van der Waals surface area contributed by atoms with Gasteiger partial charge in [0, 0.05) is 14.7 Å². The molecule has 0 unspecified atom stereocenters. The Morgan fingerprint density at radius 3 is 2.49 bits per heavy atom. The number of anilines is 1. The number of nitrogens with one attached hydrogen (secondary N) is 1. The summed E-state index contributed by atoms with van der Waals surface area (Å²) in [5.74, 6) is -1.82. The molecule has 4 amide bonds. The van der Waals surface area contributed by atoms with Crippen LogP contribution in [0.1, 0.15) is 16.7 Å². The van der Waals surface area contributed by atoms with Gasteiger partial charge >= 0.3 is 6.03 Å². The highest BCUT2D eigenvalue weighted by molar-refractivity contribution is 14.1. The van der Waals surface area contributed by atoms with E-state index in [0.717, 1.165) is 24.2 Å². The molecule has 1 heterocycles. The Balaban J connectivity index is 1.72. The molecule has 1 saturated heterocycles. The van der Waals surface area contributed by atoms with Gasteiger partial charge in [-0.1, -0.05) is 18.2 Å². The van der Waals surface area contributed by atoms with Gasteiger partial charge in [-0.05, 0) is 93.7 Å². The number of benzene rings is 3. The highest BCUT2D eigenvalue weighted by Crippen LogP contribution is 2.32. The number of hydrogen-bond donors (Lipinski definition) is 1. The third-order valence-corrected chi connectivity index (χ3v) is 6.46. The van der Waals surface area contributed by atoms with Crippen LogP contribution in [0.3, 0.4) is 0 Å². The number of rotatable bonds is 5. The van der Waals surface area contributed by atoms with E-state index in [2.05, 4.69) is 56.6 Å². The molecule has 3 aromatic rings. The molecule has 4 rings (SSSR count). The maximum atomic E-state index is 13.3. The highest BCUT2D eigenvalue weighted by atomic mass is 127.